The summed E-state index contributed by atoms with van der Waals surface area (Å²) < 4.78 is 12.9. The number of hydrogen-bond acceptors (Lipinski definition) is 2. The van der Waals surface area contributed by atoms with Crippen molar-refractivity contribution in [2.75, 3.05) is 0 Å². The number of nitrogens with zero attached hydrogens (tertiary/aromatic N) is 2. The van der Waals surface area contributed by atoms with Crippen molar-refractivity contribution in [3.63, 3.8) is 0 Å². The average Bonchev–Trinajstić information content (AvgIpc) is 2.19. The van der Waals surface area contributed by atoms with Gasteiger partial charge in [-0.15, -0.1) is 0 Å². The van der Waals surface area contributed by atoms with Crippen LogP contribution in [0, 0.1) is 17.1 Å². The van der Waals surface area contributed by atoms with Crippen LogP contribution in [-0.2, 0) is 0 Å². The molecule has 1 heterocycles. The van der Waals surface area contributed by atoms with Gasteiger partial charge in [0.05, 0.1) is 5.56 Å². The van der Waals surface area contributed by atoms with Crippen LogP contribution >= 0.6 is 11.6 Å². The Morgan fingerprint density at radius 2 is 2.14 bits per heavy atom. The highest BCUT2D eigenvalue weighted by molar-refractivity contribution is 6.34. The van der Waals surface area contributed by atoms with Crippen molar-refractivity contribution in [2.24, 2.45) is 0 Å². The van der Waals surface area contributed by atoms with Gasteiger partial charge in [0.2, 0.25) is 0 Å². The van der Waals surface area contributed by atoms with Crippen molar-refractivity contribution >= 4 is 22.4 Å². The first kappa shape index (κ1) is 8.92. The molecule has 1 aromatic heterocycles. The lowest BCUT2D eigenvalue weighted by atomic mass is 10.1. The fourth-order valence-corrected chi connectivity index (χ4v) is 1.48. The summed E-state index contributed by atoms with van der Waals surface area (Å²) in [5.41, 5.74) is 0.393. The summed E-state index contributed by atoms with van der Waals surface area (Å²) in [4.78, 5) is 3.80. The number of halogens is 2. The zero-order valence-corrected chi connectivity index (χ0v) is 7.72. The van der Waals surface area contributed by atoms with Crippen LogP contribution in [0.25, 0.3) is 10.8 Å². The third-order valence-corrected chi connectivity index (χ3v) is 2.22. The molecular weight excluding hydrogens is 203 g/mol. The predicted octanol–water partition coefficient (Wildman–Crippen LogP) is 2.90. The number of benzene rings is 1. The zero-order valence-electron chi connectivity index (χ0n) is 6.96. The molecule has 14 heavy (non-hydrogen) atoms. The van der Waals surface area contributed by atoms with Crippen LogP contribution in [0.15, 0.2) is 24.4 Å². The van der Waals surface area contributed by atoms with Crippen molar-refractivity contribution in [3.05, 3.63) is 40.9 Å². The third kappa shape index (κ3) is 1.30. The molecule has 4 heteroatoms. The molecule has 0 fully saturated rings. The Labute approximate surface area is 84.6 Å². The number of rotatable bonds is 0. The van der Waals surface area contributed by atoms with E-state index in [0.29, 0.717) is 16.3 Å². The molecule has 0 bridgehead atoms. The molecule has 2 aromatic rings. The van der Waals surface area contributed by atoms with E-state index in [1.54, 1.807) is 0 Å². The van der Waals surface area contributed by atoms with E-state index in [4.69, 9.17) is 16.9 Å². The van der Waals surface area contributed by atoms with Crippen molar-refractivity contribution in [1.82, 2.24) is 4.98 Å². The molecule has 0 radical (unpaired) electrons. The monoisotopic (exact) mass is 206 g/mol. The Bertz CT molecular complexity index is 546. The van der Waals surface area contributed by atoms with Crippen molar-refractivity contribution in [1.29, 1.82) is 5.26 Å². The zero-order chi connectivity index (χ0) is 10.1. The van der Waals surface area contributed by atoms with Gasteiger partial charge in [0.25, 0.3) is 0 Å². The lowest BCUT2D eigenvalue weighted by Gasteiger charge is -2.01. The molecule has 0 unspecified atom stereocenters. The molecular formula is C10H4ClFN2. The van der Waals surface area contributed by atoms with E-state index in [2.05, 4.69) is 4.98 Å². The molecule has 0 spiro atoms. The second kappa shape index (κ2) is 3.24. The molecule has 68 valence electrons. The van der Waals surface area contributed by atoms with E-state index in [-0.39, 0.29) is 5.15 Å². The Morgan fingerprint density at radius 3 is 2.86 bits per heavy atom. The maximum absolute atomic E-state index is 12.9. The van der Waals surface area contributed by atoms with E-state index in [1.165, 1.54) is 24.4 Å². The summed E-state index contributed by atoms with van der Waals surface area (Å²) in [6, 6.07) is 6.06. The van der Waals surface area contributed by atoms with Gasteiger partial charge in [-0.1, -0.05) is 11.6 Å². The standard InChI is InChI=1S/C10H4ClFN2/c11-10-9-3-7(12)1-2-8(9)6(4-13)5-14-10/h1-3,5H. The number of nitriles is 1. The van der Waals surface area contributed by atoms with E-state index in [1.807, 2.05) is 6.07 Å². The van der Waals surface area contributed by atoms with E-state index in [0.717, 1.165) is 0 Å². The van der Waals surface area contributed by atoms with Gasteiger partial charge in [-0.2, -0.15) is 5.26 Å². The van der Waals surface area contributed by atoms with Crippen LogP contribution in [0.3, 0.4) is 0 Å². The molecule has 0 saturated heterocycles. The van der Waals surface area contributed by atoms with E-state index < -0.39 is 5.82 Å². The number of pyridine rings is 1. The van der Waals surface area contributed by atoms with Crippen LogP contribution in [0.4, 0.5) is 4.39 Å². The molecule has 0 saturated carbocycles. The van der Waals surface area contributed by atoms with E-state index in [9.17, 15) is 4.39 Å². The fraction of sp³-hybridized carbons (Fsp3) is 0. The Balaban J connectivity index is 2.93. The predicted molar refractivity (Wildman–Crippen MR) is 51.4 cm³/mol. The number of fused-ring (bicyclic) bond motifs is 1. The van der Waals surface area contributed by atoms with Crippen LogP contribution in [0.2, 0.25) is 5.15 Å². The summed E-state index contributed by atoms with van der Waals surface area (Å²) in [5.74, 6) is -0.392. The van der Waals surface area contributed by atoms with Gasteiger partial charge in [0, 0.05) is 17.0 Å². The van der Waals surface area contributed by atoms with Gasteiger partial charge in [-0.3, -0.25) is 0 Å². The first-order valence-corrected chi connectivity index (χ1v) is 4.24. The Kier molecular flexibility index (Phi) is 2.06. The van der Waals surface area contributed by atoms with Crippen LogP contribution in [0.1, 0.15) is 5.56 Å². The Hall–Kier alpha value is -1.66. The quantitative estimate of drug-likeness (QED) is 0.622. The van der Waals surface area contributed by atoms with Crippen LogP contribution in [-0.4, -0.2) is 4.98 Å². The SMILES string of the molecule is N#Cc1cnc(Cl)c2cc(F)ccc12. The summed E-state index contributed by atoms with van der Waals surface area (Å²) in [5, 5.41) is 10.1. The Morgan fingerprint density at radius 1 is 1.36 bits per heavy atom. The summed E-state index contributed by atoms with van der Waals surface area (Å²) in [6.07, 6.45) is 1.38. The molecule has 0 aliphatic carbocycles. The summed E-state index contributed by atoms with van der Waals surface area (Å²) in [7, 11) is 0. The largest absolute Gasteiger partial charge is 0.243 e. The van der Waals surface area contributed by atoms with Gasteiger partial charge in [-0.25, -0.2) is 9.37 Å². The van der Waals surface area contributed by atoms with E-state index >= 15 is 0 Å². The molecule has 0 amide bonds. The molecule has 0 aliphatic rings. The molecule has 0 atom stereocenters. The highest BCUT2D eigenvalue weighted by Gasteiger charge is 2.06. The summed E-state index contributed by atoms with van der Waals surface area (Å²) in [6.45, 7) is 0. The maximum atomic E-state index is 12.9. The highest BCUT2D eigenvalue weighted by atomic mass is 35.5. The number of aromatic nitrogens is 1. The molecule has 2 nitrogen and oxygen atoms in total. The minimum Gasteiger partial charge on any atom is -0.243 e. The van der Waals surface area contributed by atoms with Gasteiger partial charge in [-0.05, 0) is 18.2 Å². The first-order valence-electron chi connectivity index (χ1n) is 3.86. The lowest BCUT2D eigenvalue weighted by molar-refractivity contribution is 0.629. The van der Waals surface area contributed by atoms with Crippen LogP contribution < -0.4 is 0 Å². The average molecular weight is 207 g/mol. The normalized spacial score (nSPS) is 10.1. The second-order valence-electron chi connectivity index (χ2n) is 2.76. The third-order valence-electron chi connectivity index (χ3n) is 1.92. The van der Waals surface area contributed by atoms with Gasteiger partial charge >= 0.3 is 0 Å². The fourth-order valence-electron chi connectivity index (χ4n) is 1.27. The molecule has 0 aliphatic heterocycles. The minimum absolute atomic E-state index is 0.207. The van der Waals surface area contributed by atoms with Crippen molar-refractivity contribution < 1.29 is 4.39 Å². The van der Waals surface area contributed by atoms with Gasteiger partial charge < -0.3 is 0 Å². The van der Waals surface area contributed by atoms with Crippen molar-refractivity contribution in [2.45, 2.75) is 0 Å². The minimum atomic E-state index is -0.392. The topological polar surface area (TPSA) is 36.7 Å². The maximum Gasteiger partial charge on any atom is 0.137 e. The lowest BCUT2D eigenvalue weighted by Crippen LogP contribution is -1.86. The second-order valence-corrected chi connectivity index (χ2v) is 3.12. The molecule has 2 rings (SSSR count). The summed E-state index contributed by atoms with van der Waals surface area (Å²) >= 11 is 5.77. The van der Waals surface area contributed by atoms with Gasteiger partial charge in [0.15, 0.2) is 0 Å². The number of hydrogen-bond donors (Lipinski definition) is 0. The molecule has 0 N–H and O–H groups in total. The van der Waals surface area contributed by atoms with Gasteiger partial charge in [0.1, 0.15) is 17.0 Å². The smallest absolute Gasteiger partial charge is 0.137 e. The van der Waals surface area contributed by atoms with Crippen molar-refractivity contribution in [3.8, 4) is 6.07 Å². The highest BCUT2D eigenvalue weighted by Crippen LogP contribution is 2.24. The van der Waals surface area contributed by atoms with Crippen LogP contribution in [0.5, 0.6) is 0 Å². The molecule has 1 aromatic carbocycles. The first-order chi connectivity index (χ1) is 6.72.